The van der Waals surface area contributed by atoms with Crippen LogP contribution < -0.4 is 5.32 Å². The Morgan fingerprint density at radius 1 is 1.12 bits per heavy atom. The molecule has 0 aliphatic rings. The van der Waals surface area contributed by atoms with Gasteiger partial charge in [-0.25, -0.2) is 4.98 Å². The molecule has 2 heterocycles. The Hall–Kier alpha value is -2.26. The van der Waals surface area contributed by atoms with Crippen molar-refractivity contribution in [2.75, 3.05) is 5.32 Å². The Kier molecular flexibility index (Phi) is 4.28. The molecule has 6 nitrogen and oxygen atoms in total. The van der Waals surface area contributed by atoms with Crippen molar-refractivity contribution in [2.24, 2.45) is 0 Å². The second-order valence-electron chi connectivity index (χ2n) is 5.27. The van der Waals surface area contributed by atoms with E-state index in [1.54, 1.807) is 24.3 Å². The lowest BCUT2D eigenvalue weighted by atomic mass is 10.2. The third kappa shape index (κ3) is 3.01. The molecule has 2 aromatic heterocycles. The van der Waals surface area contributed by atoms with E-state index in [-0.39, 0.29) is 11.6 Å². The normalized spacial score (nSPS) is 11.2. The number of nitrogens with zero attached hydrogens (tertiary/aromatic N) is 2. The first kappa shape index (κ1) is 17.2. The predicted molar refractivity (Wildman–Crippen MR) is 106 cm³/mol. The topological polar surface area (TPSA) is 85.1 Å². The Morgan fingerprint density at radius 3 is 2.69 bits per heavy atom. The number of nitro benzene ring substituents is 1. The number of anilines is 1. The van der Waals surface area contributed by atoms with Crippen molar-refractivity contribution in [3.63, 3.8) is 0 Å². The van der Waals surface area contributed by atoms with E-state index >= 15 is 0 Å². The first-order chi connectivity index (χ1) is 12.4. The lowest BCUT2D eigenvalue weighted by molar-refractivity contribution is -0.384. The Balaban J connectivity index is 1.67. The average molecular weight is 424 g/mol. The number of halogens is 2. The first-order valence-electron chi connectivity index (χ1n) is 7.16. The zero-order valence-electron chi connectivity index (χ0n) is 12.7. The maximum Gasteiger partial charge on any atom is 0.270 e. The van der Waals surface area contributed by atoms with Crippen molar-refractivity contribution in [1.82, 2.24) is 4.98 Å². The maximum atomic E-state index is 12.6. The van der Waals surface area contributed by atoms with Crippen LogP contribution in [-0.4, -0.2) is 15.8 Å². The van der Waals surface area contributed by atoms with Crippen molar-refractivity contribution in [3.8, 4) is 0 Å². The number of nitrogens with one attached hydrogen (secondary N) is 1. The molecular formula is C16H7Cl2N3O3S2. The SMILES string of the molecule is O=C(Nc1nc2ccc([N+](=O)[O-])cc2s1)c1sc2cc(Cl)ccc2c1Cl. The smallest absolute Gasteiger partial charge is 0.270 e. The molecule has 1 N–H and O–H groups in total. The molecule has 0 fully saturated rings. The molecule has 0 saturated carbocycles. The standard InChI is InChI=1S/C16H7Cl2N3O3S2/c17-7-1-3-9-11(5-7)25-14(13(9)18)15(22)20-16-19-10-4-2-8(21(23)24)6-12(10)26-16/h1-6H,(H,19,20,22). The van der Waals surface area contributed by atoms with Crippen LogP contribution in [0.25, 0.3) is 20.3 Å². The Labute approximate surface area is 164 Å². The van der Waals surface area contributed by atoms with Gasteiger partial charge < -0.3 is 0 Å². The van der Waals surface area contributed by atoms with E-state index in [2.05, 4.69) is 10.3 Å². The fraction of sp³-hybridized carbons (Fsp3) is 0. The Morgan fingerprint density at radius 2 is 1.92 bits per heavy atom. The van der Waals surface area contributed by atoms with Gasteiger partial charge in [-0.3, -0.25) is 20.2 Å². The molecule has 0 aliphatic heterocycles. The molecule has 1 amide bonds. The number of non-ortho nitro benzene ring substituents is 1. The van der Waals surface area contributed by atoms with E-state index in [0.717, 1.165) is 21.4 Å². The number of nitro groups is 1. The highest BCUT2D eigenvalue weighted by molar-refractivity contribution is 7.23. The average Bonchev–Trinajstić information content (AvgIpc) is 3.14. The molecule has 2 aromatic carbocycles. The number of aromatic nitrogens is 1. The lowest BCUT2D eigenvalue weighted by Crippen LogP contribution is -2.10. The minimum Gasteiger partial charge on any atom is -0.297 e. The second-order valence-corrected chi connectivity index (χ2v) is 8.17. The monoisotopic (exact) mass is 423 g/mol. The summed E-state index contributed by atoms with van der Waals surface area (Å²) in [6.07, 6.45) is 0. The molecule has 26 heavy (non-hydrogen) atoms. The molecule has 4 aromatic rings. The summed E-state index contributed by atoms with van der Waals surface area (Å²) in [5.74, 6) is -0.388. The number of rotatable bonds is 3. The van der Waals surface area contributed by atoms with Crippen LogP contribution in [0.5, 0.6) is 0 Å². The molecule has 0 atom stereocenters. The van der Waals surface area contributed by atoms with Gasteiger partial charge in [0.1, 0.15) is 4.88 Å². The van der Waals surface area contributed by atoms with Gasteiger partial charge in [0.05, 0.1) is 20.2 Å². The largest absolute Gasteiger partial charge is 0.297 e. The number of thiazole rings is 1. The van der Waals surface area contributed by atoms with Crippen molar-refractivity contribution in [2.45, 2.75) is 0 Å². The molecule has 0 aliphatic carbocycles. The molecule has 4 rings (SSSR count). The van der Waals surface area contributed by atoms with Gasteiger partial charge >= 0.3 is 0 Å². The highest BCUT2D eigenvalue weighted by atomic mass is 35.5. The highest BCUT2D eigenvalue weighted by Crippen LogP contribution is 2.37. The zero-order chi connectivity index (χ0) is 18.4. The van der Waals surface area contributed by atoms with E-state index in [0.29, 0.717) is 30.3 Å². The van der Waals surface area contributed by atoms with Crippen LogP contribution in [-0.2, 0) is 0 Å². The van der Waals surface area contributed by atoms with Gasteiger partial charge in [-0.05, 0) is 18.2 Å². The van der Waals surface area contributed by atoms with Crippen molar-refractivity contribution in [1.29, 1.82) is 0 Å². The summed E-state index contributed by atoms with van der Waals surface area (Å²) in [7, 11) is 0. The van der Waals surface area contributed by atoms with Gasteiger partial charge in [0, 0.05) is 27.2 Å². The third-order valence-electron chi connectivity index (χ3n) is 3.60. The number of fused-ring (bicyclic) bond motifs is 2. The summed E-state index contributed by atoms with van der Waals surface area (Å²) < 4.78 is 1.43. The van der Waals surface area contributed by atoms with Crippen molar-refractivity contribution >= 4 is 82.9 Å². The molecule has 130 valence electrons. The molecule has 0 bridgehead atoms. The molecule has 0 radical (unpaired) electrons. The summed E-state index contributed by atoms with van der Waals surface area (Å²) in [4.78, 5) is 27.6. The second kappa shape index (κ2) is 6.48. The number of hydrogen-bond acceptors (Lipinski definition) is 6. The number of hydrogen-bond donors (Lipinski definition) is 1. The fourth-order valence-corrected chi connectivity index (χ4v) is 5.00. The van der Waals surface area contributed by atoms with Gasteiger partial charge in [-0.15, -0.1) is 11.3 Å². The molecule has 10 heteroatoms. The number of amides is 1. The quantitative estimate of drug-likeness (QED) is 0.324. The Bertz CT molecular complexity index is 1200. The van der Waals surface area contributed by atoms with Crippen molar-refractivity contribution in [3.05, 3.63) is 61.4 Å². The van der Waals surface area contributed by atoms with Gasteiger partial charge in [0.2, 0.25) is 0 Å². The number of carbonyl (C=O) groups is 1. The van der Waals surface area contributed by atoms with E-state index in [1.807, 2.05) is 0 Å². The van der Waals surface area contributed by atoms with Crippen LogP contribution in [0.3, 0.4) is 0 Å². The zero-order valence-corrected chi connectivity index (χ0v) is 15.8. The maximum absolute atomic E-state index is 12.6. The van der Waals surface area contributed by atoms with E-state index in [9.17, 15) is 14.9 Å². The number of thiophene rings is 1. The molecular weight excluding hydrogens is 417 g/mol. The van der Waals surface area contributed by atoms with E-state index < -0.39 is 4.92 Å². The number of benzene rings is 2. The minimum absolute atomic E-state index is 0.0246. The van der Waals surface area contributed by atoms with Crippen LogP contribution in [0, 0.1) is 10.1 Å². The van der Waals surface area contributed by atoms with E-state index in [4.69, 9.17) is 23.2 Å². The highest BCUT2D eigenvalue weighted by Gasteiger charge is 2.19. The van der Waals surface area contributed by atoms with Crippen LogP contribution >= 0.6 is 45.9 Å². The third-order valence-corrected chi connectivity index (χ3v) is 6.43. The van der Waals surface area contributed by atoms with Crippen LogP contribution in [0.1, 0.15) is 9.67 Å². The fourth-order valence-electron chi connectivity index (χ4n) is 2.42. The minimum atomic E-state index is -0.473. The summed E-state index contributed by atoms with van der Waals surface area (Å²) >= 11 is 14.7. The predicted octanol–water partition coefficient (Wildman–Crippen LogP) is 5.98. The van der Waals surface area contributed by atoms with Gasteiger partial charge in [0.25, 0.3) is 11.6 Å². The van der Waals surface area contributed by atoms with Crippen LogP contribution in [0.4, 0.5) is 10.8 Å². The van der Waals surface area contributed by atoms with Gasteiger partial charge in [0.15, 0.2) is 5.13 Å². The number of carbonyl (C=O) groups excluding carboxylic acids is 1. The van der Waals surface area contributed by atoms with E-state index in [1.165, 1.54) is 23.5 Å². The first-order valence-corrected chi connectivity index (χ1v) is 9.55. The summed E-state index contributed by atoms with van der Waals surface area (Å²) in [5, 5.41) is 15.6. The lowest BCUT2D eigenvalue weighted by Gasteiger charge is -1.98. The molecule has 0 unspecified atom stereocenters. The van der Waals surface area contributed by atoms with Crippen LogP contribution in [0.2, 0.25) is 10.0 Å². The van der Waals surface area contributed by atoms with Crippen molar-refractivity contribution < 1.29 is 9.72 Å². The summed E-state index contributed by atoms with van der Waals surface area (Å²) in [5.41, 5.74) is 0.550. The van der Waals surface area contributed by atoms with Gasteiger partial charge in [-0.2, -0.15) is 0 Å². The molecule has 0 saturated heterocycles. The van der Waals surface area contributed by atoms with Gasteiger partial charge in [-0.1, -0.05) is 40.6 Å². The summed E-state index contributed by atoms with van der Waals surface area (Å²) in [6, 6.07) is 9.58. The van der Waals surface area contributed by atoms with Crippen LogP contribution in [0.15, 0.2) is 36.4 Å². The molecule has 0 spiro atoms. The summed E-state index contributed by atoms with van der Waals surface area (Å²) in [6.45, 7) is 0.